The van der Waals surface area contributed by atoms with Crippen molar-refractivity contribution in [2.45, 2.75) is 12.6 Å². The lowest BCUT2D eigenvalue weighted by Gasteiger charge is -2.22. The van der Waals surface area contributed by atoms with E-state index in [1.807, 2.05) is 6.07 Å². The van der Waals surface area contributed by atoms with E-state index in [-0.39, 0.29) is 6.17 Å². The molecule has 3 aromatic carbocycles. The average molecular weight is 339 g/mol. The van der Waals surface area contributed by atoms with Gasteiger partial charge in [0.1, 0.15) is 6.17 Å². The summed E-state index contributed by atoms with van der Waals surface area (Å²) in [5.41, 5.74) is 4.75. The minimum atomic E-state index is 0.193. The molecule has 4 aromatic rings. The van der Waals surface area contributed by atoms with Gasteiger partial charge in [-0.05, 0) is 36.8 Å². The van der Waals surface area contributed by atoms with Crippen LogP contribution in [0.2, 0.25) is 0 Å². The van der Waals surface area contributed by atoms with Gasteiger partial charge in [0, 0.05) is 28.7 Å². The summed E-state index contributed by atoms with van der Waals surface area (Å²) < 4.78 is 2.41. The number of para-hydroxylation sites is 2. The fourth-order valence-electron chi connectivity index (χ4n) is 3.91. The van der Waals surface area contributed by atoms with Crippen molar-refractivity contribution >= 4 is 33.2 Å². The van der Waals surface area contributed by atoms with Gasteiger partial charge in [-0.1, -0.05) is 54.6 Å². The standard InChI is InChI=1S/C23H21N3/c1-2-9-17(10-3-1)25-19-12-8-14-21-23(19)18-11-4-5-13-20(18)26(21)22-15-6-7-16-24-22/h1-6,8-15,22,24-25H,7,16H2. The molecule has 0 spiro atoms. The molecule has 1 aliphatic rings. The first-order valence-corrected chi connectivity index (χ1v) is 9.15. The van der Waals surface area contributed by atoms with Gasteiger partial charge in [-0.25, -0.2) is 0 Å². The van der Waals surface area contributed by atoms with Gasteiger partial charge in [-0.2, -0.15) is 0 Å². The van der Waals surface area contributed by atoms with Crippen molar-refractivity contribution in [1.29, 1.82) is 0 Å². The maximum absolute atomic E-state index is 3.63. The predicted octanol–water partition coefficient (Wildman–Crippen LogP) is 5.59. The van der Waals surface area contributed by atoms with Crippen LogP contribution < -0.4 is 10.6 Å². The highest BCUT2D eigenvalue weighted by Gasteiger charge is 2.19. The molecule has 1 aromatic heterocycles. The van der Waals surface area contributed by atoms with Gasteiger partial charge in [-0.15, -0.1) is 0 Å². The second-order valence-corrected chi connectivity index (χ2v) is 6.69. The Morgan fingerprint density at radius 2 is 1.65 bits per heavy atom. The third kappa shape index (κ3) is 2.49. The normalized spacial score (nSPS) is 17.0. The first kappa shape index (κ1) is 15.2. The van der Waals surface area contributed by atoms with Crippen LogP contribution in [0.1, 0.15) is 12.6 Å². The Balaban J connectivity index is 1.76. The molecule has 3 nitrogen and oxygen atoms in total. The Bertz CT molecular complexity index is 1090. The van der Waals surface area contributed by atoms with Crippen LogP contribution >= 0.6 is 0 Å². The third-order valence-electron chi connectivity index (χ3n) is 5.05. The van der Waals surface area contributed by atoms with Crippen LogP contribution in [0, 0.1) is 0 Å². The molecule has 1 unspecified atom stereocenters. The number of anilines is 2. The topological polar surface area (TPSA) is 29.0 Å². The van der Waals surface area contributed by atoms with Gasteiger partial charge in [0.25, 0.3) is 0 Å². The van der Waals surface area contributed by atoms with Gasteiger partial charge in [-0.3, -0.25) is 5.32 Å². The smallest absolute Gasteiger partial charge is 0.104 e. The molecule has 0 amide bonds. The zero-order valence-electron chi connectivity index (χ0n) is 14.5. The molecule has 5 rings (SSSR count). The van der Waals surface area contributed by atoms with Gasteiger partial charge in [0.15, 0.2) is 0 Å². The zero-order chi connectivity index (χ0) is 17.3. The monoisotopic (exact) mass is 339 g/mol. The number of nitrogens with zero attached hydrogens (tertiary/aromatic N) is 1. The van der Waals surface area contributed by atoms with Crippen LogP contribution in [0.4, 0.5) is 11.4 Å². The molecular formula is C23H21N3. The summed E-state index contributed by atoms with van der Waals surface area (Å²) in [6.07, 6.45) is 5.83. The lowest BCUT2D eigenvalue weighted by atomic mass is 10.1. The van der Waals surface area contributed by atoms with Crippen molar-refractivity contribution in [3.05, 3.63) is 84.9 Å². The molecule has 0 saturated heterocycles. The molecule has 1 atom stereocenters. The lowest BCUT2D eigenvalue weighted by molar-refractivity contribution is 0.492. The fraction of sp³-hybridized carbons (Fsp3) is 0.130. The number of benzene rings is 3. The predicted molar refractivity (Wildman–Crippen MR) is 110 cm³/mol. The van der Waals surface area contributed by atoms with E-state index in [1.54, 1.807) is 0 Å². The summed E-state index contributed by atoms with van der Waals surface area (Å²) >= 11 is 0. The van der Waals surface area contributed by atoms with E-state index >= 15 is 0 Å². The van der Waals surface area contributed by atoms with Crippen molar-refractivity contribution in [3.63, 3.8) is 0 Å². The summed E-state index contributed by atoms with van der Waals surface area (Å²) in [7, 11) is 0. The Hall–Kier alpha value is -3.04. The minimum absolute atomic E-state index is 0.193. The van der Waals surface area contributed by atoms with E-state index in [9.17, 15) is 0 Å². The quantitative estimate of drug-likeness (QED) is 0.477. The van der Waals surface area contributed by atoms with Gasteiger partial charge in [0.05, 0.1) is 11.0 Å². The van der Waals surface area contributed by atoms with Gasteiger partial charge in [0.2, 0.25) is 0 Å². The Labute approximate surface area is 152 Å². The van der Waals surface area contributed by atoms with Crippen molar-refractivity contribution < 1.29 is 0 Å². The van der Waals surface area contributed by atoms with E-state index in [4.69, 9.17) is 0 Å². The Morgan fingerprint density at radius 3 is 2.50 bits per heavy atom. The molecule has 2 heterocycles. The summed E-state index contributed by atoms with van der Waals surface area (Å²) in [6.45, 7) is 1.01. The summed E-state index contributed by atoms with van der Waals surface area (Å²) in [5, 5.41) is 9.79. The number of hydrogen-bond donors (Lipinski definition) is 2. The highest BCUT2D eigenvalue weighted by molar-refractivity contribution is 6.14. The lowest BCUT2D eigenvalue weighted by Crippen LogP contribution is -2.28. The van der Waals surface area contributed by atoms with Crippen molar-refractivity contribution in [2.24, 2.45) is 0 Å². The summed E-state index contributed by atoms with van der Waals surface area (Å²) in [5.74, 6) is 0. The van der Waals surface area contributed by atoms with E-state index in [0.29, 0.717) is 0 Å². The molecule has 128 valence electrons. The number of rotatable bonds is 3. The molecule has 0 radical (unpaired) electrons. The average Bonchev–Trinajstić information content (AvgIpc) is 3.05. The van der Waals surface area contributed by atoms with Crippen molar-refractivity contribution in [3.8, 4) is 0 Å². The van der Waals surface area contributed by atoms with Crippen LogP contribution in [-0.4, -0.2) is 11.1 Å². The van der Waals surface area contributed by atoms with E-state index in [0.717, 1.165) is 24.3 Å². The van der Waals surface area contributed by atoms with Gasteiger partial charge < -0.3 is 9.88 Å². The van der Waals surface area contributed by atoms with E-state index < -0.39 is 0 Å². The molecule has 3 heteroatoms. The molecule has 0 saturated carbocycles. The Kier molecular flexibility index (Phi) is 3.72. The SMILES string of the molecule is C1=CC(n2c3ccccc3c3c(Nc4ccccc4)cccc32)NCC1. The molecule has 0 bridgehead atoms. The molecule has 2 N–H and O–H groups in total. The Morgan fingerprint density at radius 1 is 0.846 bits per heavy atom. The number of nitrogens with one attached hydrogen (secondary N) is 2. The van der Waals surface area contributed by atoms with Crippen LogP contribution in [0.25, 0.3) is 21.8 Å². The van der Waals surface area contributed by atoms with Gasteiger partial charge >= 0.3 is 0 Å². The molecule has 26 heavy (non-hydrogen) atoms. The summed E-state index contributed by atoms with van der Waals surface area (Å²) in [6, 6.07) is 25.5. The van der Waals surface area contributed by atoms with Crippen LogP contribution in [0.3, 0.4) is 0 Å². The second kappa shape index (κ2) is 6.36. The largest absolute Gasteiger partial charge is 0.355 e. The van der Waals surface area contributed by atoms with Crippen molar-refractivity contribution in [1.82, 2.24) is 9.88 Å². The fourth-order valence-corrected chi connectivity index (χ4v) is 3.91. The molecule has 0 fully saturated rings. The van der Waals surface area contributed by atoms with Crippen LogP contribution in [0.15, 0.2) is 84.9 Å². The van der Waals surface area contributed by atoms with Crippen LogP contribution in [-0.2, 0) is 0 Å². The maximum atomic E-state index is 3.63. The molecule has 1 aliphatic heterocycles. The minimum Gasteiger partial charge on any atom is -0.355 e. The zero-order valence-corrected chi connectivity index (χ0v) is 14.5. The highest BCUT2D eigenvalue weighted by atomic mass is 15.2. The molecule has 0 aliphatic carbocycles. The highest BCUT2D eigenvalue weighted by Crippen LogP contribution is 2.37. The molecular weight excluding hydrogens is 318 g/mol. The first-order valence-electron chi connectivity index (χ1n) is 9.15. The van der Waals surface area contributed by atoms with E-state index in [2.05, 4.69) is 94.1 Å². The first-order chi connectivity index (χ1) is 12.9. The number of fused-ring (bicyclic) bond motifs is 3. The number of hydrogen-bond acceptors (Lipinski definition) is 2. The summed E-state index contributed by atoms with van der Waals surface area (Å²) in [4.78, 5) is 0. The number of aromatic nitrogens is 1. The van der Waals surface area contributed by atoms with E-state index in [1.165, 1.54) is 21.8 Å². The second-order valence-electron chi connectivity index (χ2n) is 6.69. The van der Waals surface area contributed by atoms with Crippen LogP contribution in [0.5, 0.6) is 0 Å². The van der Waals surface area contributed by atoms with Crippen molar-refractivity contribution in [2.75, 3.05) is 11.9 Å². The maximum Gasteiger partial charge on any atom is 0.104 e. The third-order valence-corrected chi connectivity index (χ3v) is 5.05.